The van der Waals surface area contributed by atoms with E-state index in [1.165, 1.54) is 0 Å². The normalized spacial score (nSPS) is 40.1. The molecular formula is C9H16BO5PS. The van der Waals surface area contributed by atoms with Crippen LogP contribution in [0.1, 0.15) is 13.3 Å². The molecule has 2 fully saturated rings. The third-order valence-electron chi connectivity index (χ3n) is 2.82. The molecule has 2 saturated heterocycles. The lowest BCUT2D eigenvalue weighted by Crippen LogP contribution is -2.21. The van der Waals surface area contributed by atoms with Gasteiger partial charge in [-0.15, -0.1) is 0 Å². The van der Waals surface area contributed by atoms with Crippen LogP contribution in [0.25, 0.3) is 0 Å². The summed E-state index contributed by atoms with van der Waals surface area (Å²) in [6, 6.07) is -0.305. The highest BCUT2D eigenvalue weighted by atomic mass is 32.2. The van der Waals surface area contributed by atoms with Gasteiger partial charge in [0.2, 0.25) is 0 Å². The Labute approximate surface area is 107 Å². The van der Waals surface area contributed by atoms with Gasteiger partial charge in [0.15, 0.2) is 0 Å². The molecule has 2 heterocycles. The standard InChI is InChI=1S/C9H16BO5PS/c1-6-2-9(10)15-8(6)4-14-16(11,12)13-3-7-5-17-7/h6-9H,2-5H2,1H3,(H,11,12). The van der Waals surface area contributed by atoms with Gasteiger partial charge in [0, 0.05) is 17.0 Å². The molecule has 0 spiro atoms. The largest absolute Gasteiger partial charge is 0.472 e. The zero-order valence-electron chi connectivity index (χ0n) is 9.65. The van der Waals surface area contributed by atoms with Crippen molar-refractivity contribution in [2.75, 3.05) is 19.0 Å². The van der Waals surface area contributed by atoms with E-state index in [1.54, 1.807) is 11.8 Å². The van der Waals surface area contributed by atoms with Crippen molar-refractivity contribution in [3.05, 3.63) is 0 Å². The van der Waals surface area contributed by atoms with Crippen molar-refractivity contribution in [1.82, 2.24) is 0 Å². The summed E-state index contributed by atoms with van der Waals surface area (Å²) in [7, 11) is 1.68. The lowest BCUT2D eigenvalue weighted by molar-refractivity contribution is 0.0232. The Balaban J connectivity index is 1.70. The molecule has 0 amide bonds. The average Bonchev–Trinajstić information content (AvgIpc) is 3.00. The molecule has 5 nitrogen and oxygen atoms in total. The zero-order valence-corrected chi connectivity index (χ0v) is 11.4. The van der Waals surface area contributed by atoms with Crippen LogP contribution >= 0.6 is 19.6 Å². The van der Waals surface area contributed by atoms with E-state index < -0.39 is 7.82 Å². The molecule has 2 rings (SSSR count). The Hall–Kier alpha value is 0.485. The first kappa shape index (κ1) is 13.9. The Morgan fingerprint density at radius 2 is 2.18 bits per heavy atom. The van der Waals surface area contributed by atoms with Crippen LogP contribution in [0.5, 0.6) is 0 Å². The van der Waals surface area contributed by atoms with Crippen molar-refractivity contribution in [2.24, 2.45) is 5.92 Å². The van der Waals surface area contributed by atoms with Crippen molar-refractivity contribution in [1.29, 1.82) is 0 Å². The fraction of sp³-hybridized carbons (Fsp3) is 1.00. The SMILES string of the molecule is [B]C1CC(C)C(COP(=O)(O)OCC2CS2)O1. The highest BCUT2D eigenvalue weighted by Gasteiger charge is 2.33. The van der Waals surface area contributed by atoms with E-state index in [9.17, 15) is 9.46 Å². The highest BCUT2D eigenvalue weighted by molar-refractivity contribution is 8.06. The monoisotopic (exact) mass is 278 g/mol. The van der Waals surface area contributed by atoms with Gasteiger partial charge in [-0.25, -0.2) is 4.57 Å². The first-order valence-electron chi connectivity index (χ1n) is 5.61. The Morgan fingerprint density at radius 1 is 1.53 bits per heavy atom. The molecule has 0 bridgehead atoms. The molecule has 17 heavy (non-hydrogen) atoms. The number of thioether (sulfide) groups is 1. The van der Waals surface area contributed by atoms with Crippen molar-refractivity contribution >= 4 is 27.4 Å². The van der Waals surface area contributed by atoms with Crippen LogP contribution in [0.4, 0.5) is 0 Å². The molecule has 2 aliphatic rings. The first-order chi connectivity index (χ1) is 7.96. The molecular weight excluding hydrogens is 262 g/mol. The van der Waals surface area contributed by atoms with Gasteiger partial charge in [-0.05, 0) is 12.3 Å². The third kappa shape index (κ3) is 4.58. The van der Waals surface area contributed by atoms with E-state index in [0.29, 0.717) is 5.25 Å². The minimum atomic E-state index is -3.94. The number of phosphoric acid groups is 1. The maximum absolute atomic E-state index is 11.5. The second-order valence-corrected chi connectivity index (χ2v) is 7.23. The van der Waals surface area contributed by atoms with Gasteiger partial charge in [0.25, 0.3) is 0 Å². The van der Waals surface area contributed by atoms with Crippen LogP contribution in [0.3, 0.4) is 0 Å². The van der Waals surface area contributed by atoms with Crippen molar-refractivity contribution in [2.45, 2.75) is 30.7 Å². The number of rotatable bonds is 6. The summed E-state index contributed by atoms with van der Waals surface area (Å²) < 4.78 is 26.6. The van der Waals surface area contributed by atoms with Gasteiger partial charge in [-0.3, -0.25) is 9.05 Å². The van der Waals surface area contributed by atoms with E-state index >= 15 is 0 Å². The summed E-state index contributed by atoms with van der Waals surface area (Å²) in [5.41, 5.74) is 0. The molecule has 1 N–H and O–H groups in total. The molecule has 0 aromatic heterocycles. The van der Waals surface area contributed by atoms with Crippen molar-refractivity contribution in [3.63, 3.8) is 0 Å². The zero-order chi connectivity index (χ0) is 12.5. The topological polar surface area (TPSA) is 65.0 Å². The molecule has 0 aliphatic carbocycles. The maximum atomic E-state index is 11.5. The molecule has 0 saturated carbocycles. The Morgan fingerprint density at radius 3 is 2.71 bits per heavy atom. The third-order valence-corrected chi connectivity index (χ3v) is 4.71. The Bertz CT molecular complexity index is 314. The predicted molar refractivity (Wildman–Crippen MR) is 66.2 cm³/mol. The summed E-state index contributed by atoms with van der Waals surface area (Å²) in [4.78, 5) is 9.42. The smallest absolute Gasteiger partial charge is 0.382 e. The summed E-state index contributed by atoms with van der Waals surface area (Å²) in [6.45, 7) is 2.28. The summed E-state index contributed by atoms with van der Waals surface area (Å²) >= 11 is 1.70. The van der Waals surface area contributed by atoms with Crippen LogP contribution in [0.15, 0.2) is 0 Å². The van der Waals surface area contributed by atoms with Gasteiger partial charge in [0.1, 0.15) is 7.85 Å². The highest BCUT2D eigenvalue weighted by Crippen LogP contribution is 2.46. The summed E-state index contributed by atoms with van der Waals surface area (Å²) in [5, 5.41) is 0.342. The number of hydrogen-bond acceptors (Lipinski definition) is 5. The fourth-order valence-electron chi connectivity index (χ4n) is 1.68. The molecule has 96 valence electrons. The average molecular weight is 278 g/mol. The quantitative estimate of drug-likeness (QED) is 0.447. The molecule has 2 radical (unpaired) electrons. The van der Waals surface area contributed by atoms with Gasteiger partial charge < -0.3 is 9.63 Å². The second-order valence-electron chi connectivity index (χ2n) is 4.44. The van der Waals surface area contributed by atoms with E-state index in [1.807, 2.05) is 6.92 Å². The summed E-state index contributed by atoms with van der Waals surface area (Å²) in [6.07, 6.45) is 0.507. The Kier molecular flexibility index (Phi) is 4.61. The van der Waals surface area contributed by atoms with Gasteiger partial charge in [0.05, 0.1) is 19.3 Å². The number of phosphoric ester groups is 1. The molecule has 0 aromatic carbocycles. The van der Waals surface area contributed by atoms with E-state index in [-0.39, 0.29) is 31.2 Å². The molecule has 0 aromatic rings. The van der Waals surface area contributed by atoms with Crippen molar-refractivity contribution < 1.29 is 23.2 Å². The first-order valence-corrected chi connectivity index (χ1v) is 8.15. The summed E-state index contributed by atoms with van der Waals surface area (Å²) in [5.74, 6) is 1.21. The number of hydrogen-bond donors (Lipinski definition) is 1. The molecule has 5 atom stereocenters. The van der Waals surface area contributed by atoms with Gasteiger partial charge in [-0.1, -0.05) is 6.92 Å². The molecule has 5 unspecified atom stereocenters. The van der Waals surface area contributed by atoms with Crippen LogP contribution in [-0.4, -0.2) is 49.1 Å². The second kappa shape index (κ2) is 5.64. The lowest BCUT2D eigenvalue weighted by atomic mass is 9.92. The van der Waals surface area contributed by atoms with Gasteiger partial charge >= 0.3 is 7.82 Å². The van der Waals surface area contributed by atoms with Crippen molar-refractivity contribution in [3.8, 4) is 0 Å². The fourth-order valence-corrected chi connectivity index (χ4v) is 2.96. The van der Waals surface area contributed by atoms with Crippen LogP contribution in [0.2, 0.25) is 0 Å². The molecule has 8 heteroatoms. The maximum Gasteiger partial charge on any atom is 0.472 e. The van der Waals surface area contributed by atoms with Crippen LogP contribution in [-0.2, 0) is 18.3 Å². The minimum absolute atomic E-state index is 0.0421. The number of ether oxygens (including phenoxy) is 1. The van der Waals surface area contributed by atoms with E-state index in [4.69, 9.17) is 21.6 Å². The lowest BCUT2D eigenvalue weighted by Gasteiger charge is -2.17. The minimum Gasteiger partial charge on any atom is -0.382 e. The molecule has 2 aliphatic heterocycles. The van der Waals surface area contributed by atoms with E-state index in [0.717, 1.165) is 12.2 Å². The van der Waals surface area contributed by atoms with Crippen LogP contribution < -0.4 is 0 Å². The van der Waals surface area contributed by atoms with E-state index in [2.05, 4.69) is 0 Å². The van der Waals surface area contributed by atoms with Crippen LogP contribution in [0, 0.1) is 5.92 Å². The van der Waals surface area contributed by atoms with Gasteiger partial charge in [-0.2, -0.15) is 11.8 Å². The predicted octanol–water partition coefficient (Wildman–Crippen LogP) is 1.15.